The van der Waals surface area contributed by atoms with Gasteiger partial charge >= 0.3 is 6.61 Å². The molecule has 1 aromatic rings. The summed E-state index contributed by atoms with van der Waals surface area (Å²) in [5.74, 6) is -0.565. The fraction of sp³-hybridized carbons (Fsp3) is 0.167. The third-order valence-corrected chi connectivity index (χ3v) is 2.07. The zero-order valence-electron chi connectivity index (χ0n) is 6.72. The molecular weight excluding hydrogens is 218 g/mol. The van der Waals surface area contributed by atoms with Crippen molar-refractivity contribution in [3.05, 3.63) is 18.3 Å². The number of alkyl halides is 2. The number of hydrogen-bond donors (Lipinski definition) is 1. The summed E-state index contributed by atoms with van der Waals surface area (Å²) in [5.41, 5.74) is 0. The molecule has 2 N–H and O–H groups in total. The standard InChI is InChI=1S/C6H6F2N2O3S/c7-6(8)13-4-2-1-3-10-5(4)14(9,11)12/h1-3,6H,(H2,9,11,12). The summed E-state index contributed by atoms with van der Waals surface area (Å²) in [6, 6.07) is 2.30. The minimum Gasteiger partial charge on any atom is -0.432 e. The number of sulfonamides is 1. The van der Waals surface area contributed by atoms with E-state index in [0.717, 1.165) is 12.3 Å². The maximum absolute atomic E-state index is 11.8. The summed E-state index contributed by atoms with van der Waals surface area (Å²) in [7, 11) is -4.15. The smallest absolute Gasteiger partial charge is 0.387 e. The van der Waals surface area contributed by atoms with Crippen LogP contribution in [0.5, 0.6) is 5.75 Å². The summed E-state index contributed by atoms with van der Waals surface area (Å²) in [4.78, 5) is 3.33. The second-order valence-corrected chi connectivity index (χ2v) is 3.71. The van der Waals surface area contributed by atoms with Crippen LogP contribution in [-0.2, 0) is 10.0 Å². The lowest BCUT2D eigenvalue weighted by Gasteiger charge is -2.06. The Labute approximate surface area is 78.6 Å². The minimum absolute atomic E-state index is 0.565. The van der Waals surface area contributed by atoms with Gasteiger partial charge in [0.15, 0.2) is 5.75 Å². The zero-order chi connectivity index (χ0) is 10.8. The molecule has 5 nitrogen and oxygen atoms in total. The molecule has 0 unspecified atom stereocenters. The van der Waals surface area contributed by atoms with E-state index >= 15 is 0 Å². The molecule has 1 aromatic heterocycles. The highest BCUT2D eigenvalue weighted by Gasteiger charge is 2.18. The third kappa shape index (κ3) is 2.60. The van der Waals surface area contributed by atoms with Gasteiger partial charge in [0.2, 0.25) is 5.03 Å². The van der Waals surface area contributed by atoms with Crippen LogP contribution in [-0.4, -0.2) is 20.0 Å². The number of rotatable bonds is 3. The van der Waals surface area contributed by atoms with Crippen molar-refractivity contribution in [1.82, 2.24) is 4.98 Å². The van der Waals surface area contributed by atoms with Crippen LogP contribution >= 0.6 is 0 Å². The first-order valence-corrected chi connectivity index (χ1v) is 4.88. The Balaban J connectivity index is 3.17. The van der Waals surface area contributed by atoms with E-state index in [1.165, 1.54) is 6.07 Å². The van der Waals surface area contributed by atoms with E-state index in [2.05, 4.69) is 9.72 Å². The van der Waals surface area contributed by atoms with Gasteiger partial charge in [0, 0.05) is 6.20 Å². The molecule has 8 heteroatoms. The van der Waals surface area contributed by atoms with Crippen LogP contribution in [0.25, 0.3) is 0 Å². The Morgan fingerprint density at radius 2 is 2.14 bits per heavy atom. The molecule has 0 aromatic carbocycles. The van der Waals surface area contributed by atoms with Crippen molar-refractivity contribution in [2.45, 2.75) is 11.6 Å². The number of ether oxygens (including phenoxy) is 1. The van der Waals surface area contributed by atoms with Crippen LogP contribution in [0, 0.1) is 0 Å². The van der Waals surface area contributed by atoms with Crippen LogP contribution in [0.2, 0.25) is 0 Å². The van der Waals surface area contributed by atoms with Gasteiger partial charge in [-0.1, -0.05) is 0 Å². The van der Waals surface area contributed by atoms with Crippen LogP contribution < -0.4 is 9.88 Å². The van der Waals surface area contributed by atoms with Crippen molar-refractivity contribution >= 4 is 10.0 Å². The monoisotopic (exact) mass is 224 g/mol. The molecule has 0 saturated heterocycles. The van der Waals surface area contributed by atoms with Crippen molar-refractivity contribution in [1.29, 1.82) is 0 Å². The number of halogens is 2. The second-order valence-electron chi connectivity index (χ2n) is 2.23. The average molecular weight is 224 g/mol. The molecule has 0 aliphatic rings. The average Bonchev–Trinajstić information content (AvgIpc) is 2.01. The largest absolute Gasteiger partial charge is 0.432 e. The van der Waals surface area contributed by atoms with Gasteiger partial charge in [-0.05, 0) is 12.1 Å². The number of hydrogen-bond acceptors (Lipinski definition) is 4. The first-order chi connectivity index (χ1) is 6.41. The highest BCUT2D eigenvalue weighted by molar-refractivity contribution is 7.89. The molecule has 0 saturated carbocycles. The van der Waals surface area contributed by atoms with Crippen LogP contribution in [0.3, 0.4) is 0 Å². The van der Waals surface area contributed by atoms with E-state index in [1.807, 2.05) is 0 Å². The summed E-state index contributed by atoms with van der Waals surface area (Å²) < 4.78 is 49.2. The Bertz CT molecular complexity index is 421. The third-order valence-electron chi connectivity index (χ3n) is 1.22. The number of nitrogens with zero attached hydrogens (tertiary/aromatic N) is 1. The van der Waals surface area contributed by atoms with Gasteiger partial charge in [-0.2, -0.15) is 8.78 Å². The molecule has 78 valence electrons. The molecule has 1 heterocycles. The Morgan fingerprint density at radius 3 is 2.64 bits per heavy atom. The summed E-state index contributed by atoms with van der Waals surface area (Å²) in [5, 5.41) is 4.01. The fourth-order valence-electron chi connectivity index (χ4n) is 0.775. The summed E-state index contributed by atoms with van der Waals surface area (Å²) in [6.45, 7) is -3.13. The van der Waals surface area contributed by atoms with Gasteiger partial charge < -0.3 is 4.74 Å². The maximum atomic E-state index is 11.8. The maximum Gasteiger partial charge on any atom is 0.387 e. The van der Waals surface area contributed by atoms with Crippen LogP contribution in [0.1, 0.15) is 0 Å². The summed E-state index contributed by atoms with van der Waals surface area (Å²) >= 11 is 0. The Kier molecular flexibility index (Phi) is 2.96. The predicted octanol–water partition coefficient (Wildman–Crippen LogP) is 0.330. The predicted molar refractivity (Wildman–Crippen MR) is 42.2 cm³/mol. The highest BCUT2D eigenvalue weighted by atomic mass is 32.2. The molecular formula is C6H6F2N2O3S. The minimum atomic E-state index is -4.15. The van der Waals surface area contributed by atoms with Gasteiger partial charge in [0.25, 0.3) is 10.0 Å². The Hall–Kier alpha value is -1.28. The number of nitrogens with two attached hydrogens (primary N) is 1. The normalized spacial score (nSPS) is 11.7. The quantitative estimate of drug-likeness (QED) is 0.802. The van der Waals surface area contributed by atoms with Gasteiger partial charge in [-0.25, -0.2) is 18.5 Å². The SMILES string of the molecule is NS(=O)(=O)c1ncccc1OC(F)F. The number of primary sulfonamides is 1. The van der Waals surface area contributed by atoms with Gasteiger partial charge in [0.05, 0.1) is 0 Å². The molecule has 0 fully saturated rings. The lowest BCUT2D eigenvalue weighted by molar-refractivity contribution is -0.0521. The number of pyridine rings is 1. The van der Waals surface area contributed by atoms with E-state index in [-0.39, 0.29) is 0 Å². The van der Waals surface area contributed by atoms with Crippen LogP contribution in [0.4, 0.5) is 8.78 Å². The lowest BCUT2D eigenvalue weighted by Crippen LogP contribution is -2.16. The van der Waals surface area contributed by atoms with E-state index in [0.29, 0.717) is 0 Å². The van der Waals surface area contributed by atoms with Gasteiger partial charge in [-0.15, -0.1) is 0 Å². The molecule has 1 rings (SSSR count). The molecule has 0 bridgehead atoms. The van der Waals surface area contributed by atoms with Crippen LogP contribution in [0.15, 0.2) is 23.4 Å². The molecule has 0 amide bonds. The summed E-state index contributed by atoms with van der Waals surface area (Å²) in [6.07, 6.45) is 1.11. The van der Waals surface area contributed by atoms with Gasteiger partial charge in [-0.3, -0.25) is 0 Å². The Morgan fingerprint density at radius 1 is 1.50 bits per heavy atom. The second kappa shape index (κ2) is 3.84. The molecule has 14 heavy (non-hydrogen) atoms. The van der Waals surface area contributed by atoms with Crippen molar-refractivity contribution in [3.63, 3.8) is 0 Å². The lowest BCUT2D eigenvalue weighted by atomic mass is 10.5. The topological polar surface area (TPSA) is 82.3 Å². The zero-order valence-corrected chi connectivity index (χ0v) is 7.54. The molecule has 0 aliphatic carbocycles. The first-order valence-electron chi connectivity index (χ1n) is 3.34. The van der Waals surface area contributed by atoms with Gasteiger partial charge in [0.1, 0.15) is 0 Å². The van der Waals surface area contributed by atoms with E-state index < -0.39 is 27.4 Å². The highest BCUT2D eigenvalue weighted by Crippen LogP contribution is 2.20. The van der Waals surface area contributed by atoms with Crippen molar-refractivity contribution < 1.29 is 21.9 Å². The molecule has 0 radical (unpaired) electrons. The molecule has 0 aliphatic heterocycles. The van der Waals surface area contributed by atoms with Crippen molar-refractivity contribution in [2.75, 3.05) is 0 Å². The first kappa shape index (κ1) is 10.8. The fourth-order valence-corrected chi connectivity index (χ4v) is 1.38. The van der Waals surface area contributed by atoms with E-state index in [9.17, 15) is 17.2 Å². The molecule has 0 atom stereocenters. The molecule has 0 spiro atoms. The van der Waals surface area contributed by atoms with E-state index in [4.69, 9.17) is 5.14 Å². The number of aromatic nitrogens is 1. The van der Waals surface area contributed by atoms with E-state index in [1.54, 1.807) is 0 Å². The van der Waals surface area contributed by atoms with Crippen molar-refractivity contribution in [2.24, 2.45) is 5.14 Å². The van der Waals surface area contributed by atoms with Crippen molar-refractivity contribution in [3.8, 4) is 5.75 Å².